The number of carbonyl (C=O) groups excluding carboxylic acids is 1. The number of anilines is 1. The zero-order valence-corrected chi connectivity index (χ0v) is 15.7. The Bertz CT molecular complexity index is 597. The van der Waals surface area contributed by atoms with E-state index >= 15 is 0 Å². The van der Waals surface area contributed by atoms with Crippen LogP contribution in [0.15, 0.2) is 24.3 Å². The van der Waals surface area contributed by atoms with Crippen molar-refractivity contribution in [2.45, 2.75) is 32.7 Å². The molecule has 0 spiro atoms. The number of hydrogen-bond acceptors (Lipinski definition) is 3. The number of sulfonamides is 1. The Morgan fingerprint density at radius 3 is 2.24 bits per heavy atom. The van der Waals surface area contributed by atoms with E-state index in [2.05, 4.69) is 27.9 Å². The lowest BCUT2D eigenvalue weighted by Gasteiger charge is -2.27. The van der Waals surface area contributed by atoms with Gasteiger partial charge in [0.25, 0.3) is 0 Å². The summed E-state index contributed by atoms with van der Waals surface area (Å²) in [6.07, 6.45) is 1.87. The molecule has 0 aliphatic heterocycles. The van der Waals surface area contributed by atoms with Crippen molar-refractivity contribution in [3.05, 3.63) is 27.8 Å². The van der Waals surface area contributed by atoms with Crippen molar-refractivity contribution in [2.24, 2.45) is 0 Å². The van der Waals surface area contributed by atoms with Crippen LogP contribution < -0.4 is 9.62 Å². The predicted octanol–water partition coefficient (Wildman–Crippen LogP) is 2.36. The van der Waals surface area contributed by atoms with Crippen LogP contribution in [-0.4, -0.2) is 32.7 Å². The fourth-order valence-electron chi connectivity index (χ4n) is 1.64. The molecule has 0 aliphatic rings. The molecular weight excluding hydrogens is 403 g/mol. The van der Waals surface area contributed by atoms with Gasteiger partial charge in [0.2, 0.25) is 15.9 Å². The first-order valence-electron chi connectivity index (χ1n) is 6.59. The van der Waals surface area contributed by atoms with Crippen LogP contribution in [0.2, 0.25) is 0 Å². The fraction of sp³-hybridized carbons (Fsp3) is 0.500. The lowest BCUT2D eigenvalue weighted by Crippen LogP contribution is -2.48. The van der Waals surface area contributed by atoms with Gasteiger partial charge in [-0.2, -0.15) is 0 Å². The Kier molecular flexibility index (Phi) is 6.03. The van der Waals surface area contributed by atoms with E-state index in [1.165, 1.54) is 0 Å². The quantitative estimate of drug-likeness (QED) is 0.714. The van der Waals surface area contributed by atoms with Gasteiger partial charge in [0.15, 0.2) is 0 Å². The van der Waals surface area contributed by atoms with E-state index in [1.54, 1.807) is 12.1 Å². The van der Waals surface area contributed by atoms with Crippen LogP contribution >= 0.6 is 22.6 Å². The van der Waals surface area contributed by atoms with Crippen molar-refractivity contribution in [1.29, 1.82) is 0 Å². The van der Waals surface area contributed by atoms with Gasteiger partial charge in [-0.15, -0.1) is 0 Å². The summed E-state index contributed by atoms with van der Waals surface area (Å²) in [7, 11) is -3.52. The highest BCUT2D eigenvalue weighted by Crippen LogP contribution is 2.19. The Labute approximate surface area is 140 Å². The minimum Gasteiger partial charge on any atom is -0.350 e. The highest BCUT2D eigenvalue weighted by atomic mass is 127. The van der Waals surface area contributed by atoms with Gasteiger partial charge in [-0.05, 0) is 67.1 Å². The van der Waals surface area contributed by atoms with Crippen molar-refractivity contribution in [1.82, 2.24) is 5.32 Å². The summed E-state index contributed by atoms with van der Waals surface area (Å²) in [5, 5.41) is 2.84. The summed E-state index contributed by atoms with van der Waals surface area (Å²) in [6.45, 7) is 5.55. The van der Waals surface area contributed by atoms with Crippen LogP contribution in [0.3, 0.4) is 0 Å². The summed E-state index contributed by atoms with van der Waals surface area (Å²) in [5.74, 6) is -0.314. The standard InChI is InChI=1S/C14H21IN2O3S/c1-5-14(2,3)16-13(18)10-17(21(4,19)20)12-8-6-11(15)7-9-12/h6-9H,5,10H2,1-4H3,(H,16,18). The largest absolute Gasteiger partial charge is 0.350 e. The number of nitrogens with zero attached hydrogens (tertiary/aromatic N) is 1. The van der Waals surface area contributed by atoms with Gasteiger partial charge < -0.3 is 5.32 Å². The Morgan fingerprint density at radius 1 is 1.29 bits per heavy atom. The van der Waals surface area contributed by atoms with E-state index in [9.17, 15) is 13.2 Å². The maximum Gasteiger partial charge on any atom is 0.241 e. The third-order valence-electron chi connectivity index (χ3n) is 3.16. The molecule has 1 amide bonds. The molecule has 0 unspecified atom stereocenters. The summed E-state index contributed by atoms with van der Waals surface area (Å²) in [5.41, 5.74) is 0.133. The molecule has 1 rings (SSSR count). The topological polar surface area (TPSA) is 66.5 Å². The summed E-state index contributed by atoms with van der Waals surface area (Å²) in [4.78, 5) is 12.1. The molecule has 118 valence electrons. The molecule has 0 atom stereocenters. The van der Waals surface area contributed by atoms with Crippen molar-refractivity contribution in [3.8, 4) is 0 Å². The van der Waals surface area contributed by atoms with E-state index in [4.69, 9.17) is 0 Å². The van der Waals surface area contributed by atoms with E-state index < -0.39 is 10.0 Å². The second-order valence-corrected chi connectivity index (χ2v) is 8.68. The maximum absolute atomic E-state index is 12.1. The van der Waals surface area contributed by atoms with Crippen LogP contribution in [0.5, 0.6) is 0 Å². The minimum atomic E-state index is -3.52. The number of amides is 1. The summed E-state index contributed by atoms with van der Waals surface area (Å²) in [6, 6.07) is 7.01. The minimum absolute atomic E-state index is 0.219. The number of nitrogens with one attached hydrogen (secondary N) is 1. The lowest BCUT2D eigenvalue weighted by molar-refractivity contribution is -0.121. The van der Waals surface area contributed by atoms with E-state index in [0.717, 1.165) is 20.6 Å². The second-order valence-electron chi connectivity index (χ2n) is 5.53. The zero-order valence-electron chi connectivity index (χ0n) is 12.7. The van der Waals surface area contributed by atoms with Gasteiger partial charge in [0.05, 0.1) is 11.9 Å². The number of rotatable bonds is 6. The van der Waals surface area contributed by atoms with Crippen molar-refractivity contribution in [3.63, 3.8) is 0 Å². The van der Waals surface area contributed by atoms with Crippen LogP contribution in [0.25, 0.3) is 0 Å². The summed E-state index contributed by atoms with van der Waals surface area (Å²) >= 11 is 2.14. The van der Waals surface area contributed by atoms with E-state index in [0.29, 0.717) is 5.69 Å². The number of hydrogen-bond donors (Lipinski definition) is 1. The molecule has 7 heteroatoms. The van der Waals surface area contributed by atoms with Gasteiger partial charge in [-0.1, -0.05) is 6.92 Å². The molecule has 0 saturated heterocycles. The molecule has 0 saturated carbocycles. The molecule has 0 aromatic heterocycles. The fourth-order valence-corrected chi connectivity index (χ4v) is 2.86. The molecule has 0 aliphatic carbocycles. The normalized spacial score (nSPS) is 12.0. The van der Waals surface area contributed by atoms with Crippen molar-refractivity contribution < 1.29 is 13.2 Å². The van der Waals surface area contributed by atoms with Gasteiger partial charge in [0.1, 0.15) is 6.54 Å². The maximum atomic E-state index is 12.1. The zero-order chi connectivity index (χ0) is 16.3. The van der Waals surface area contributed by atoms with Gasteiger partial charge >= 0.3 is 0 Å². The van der Waals surface area contributed by atoms with Crippen LogP contribution in [0.1, 0.15) is 27.2 Å². The molecule has 0 radical (unpaired) electrons. The first-order valence-corrected chi connectivity index (χ1v) is 9.52. The van der Waals surface area contributed by atoms with E-state index in [-0.39, 0.29) is 18.0 Å². The Balaban J connectivity index is 2.96. The van der Waals surface area contributed by atoms with Crippen LogP contribution in [-0.2, 0) is 14.8 Å². The molecule has 0 fully saturated rings. The predicted molar refractivity (Wildman–Crippen MR) is 93.9 cm³/mol. The molecule has 1 aromatic carbocycles. The van der Waals surface area contributed by atoms with Gasteiger partial charge in [-0.3, -0.25) is 9.10 Å². The average Bonchev–Trinajstić information content (AvgIpc) is 2.35. The van der Waals surface area contributed by atoms with E-state index in [1.807, 2.05) is 32.9 Å². The average molecular weight is 424 g/mol. The Morgan fingerprint density at radius 2 is 1.81 bits per heavy atom. The number of carbonyl (C=O) groups is 1. The number of benzene rings is 1. The highest BCUT2D eigenvalue weighted by molar-refractivity contribution is 14.1. The second kappa shape index (κ2) is 6.95. The number of halogens is 1. The molecular formula is C14H21IN2O3S. The molecule has 21 heavy (non-hydrogen) atoms. The Hall–Kier alpha value is -0.830. The van der Waals surface area contributed by atoms with Crippen molar-refractivity contribution >= 4 is 44.2 Å². The molecule has 1 N–H and O–H groups in total. The SMILES string of the molecule is CCC(C)(C)NC(=O)CN(c1ccc(I)cc1)S(C)(=O)=O. The molecule has 5 nitrogen and oxygen atoms in total. The van der Waals surface area contributed by atoms with Gasteiger partial charge in [0, 0.05) is 9.11 Å². The molecule has 1 aromatic rings. The van der Waals surface area contributed by atoms with Gasteiger partial charge in [-0.25, -0.2) is 8.42 Å². The smallest absolute Gasteiger partial charge is 0.241 e. The van der Waals surface area contributed by atoms with Crippen molar-refractivity contribution in [2.75, 3.05) is 17.1 Å². The molecule has 0 heterocycles. The highest BCUT2D eigenvalue weighted by Gasteiger charge is 2.24. The van der Waals surface area contributed by atoms with Crippen LogP contribution in [0.4, 0.5) is 5.69 Å². The monoisotopic (exact) mass is 424 g/mol. The summed E-state index contributed by atoms with van der Waals surface area (Å²) < 4.78 is 26.0. The first-order chi connectivity index (χ1) is 9.55. The molecule has 0 bridgehead atoms. The third-order valence-corrected chi connectivity index (χ3v) is 5.02. The first kappa shape index (κ1) is 18.2. The van der Waals surface area contributed by atoms with Crippen LogP contribution in [0, 0.1) is 3.57 Å². The lowest BCUT2D eigenvalue weighted by atomic mass is 10.0. The third kappa shape index (κ3) is 5.82.